The number of sulfone groups is 2. The van der Waals surface area contributed by atoms with Crippen LogP contribution in [0, 0.1) is 6.92 Å². The highest BCUT2D eigenvalue weighted by Crippen LogP contribution is 2.44. The fourth-order valence-corrected chi connectivity index (χ4v) is 8.52. The highest BCUT2D eigenvalue weighted by molar-refractivity contribution is 7.91. The summed E-state index contributed by atoms with van der Waals surface area (Å²) in [6, 6.07) is 18.2. The van der Waals surface area contributed by atoms with E-state index >= 15 is 0 Å². The van der Waals surface area contributed by atoms with Crippen LogP contribution in [-0.2, 0) is 29.8 Å². The van der Waals surface area contributed by atoms with Crippen LogP contribution in [0.25, 0.3) is 10.8 Å². The van der Waals surface area contributed by atoms with Crippen LogP contribution in [-0.4, -0.2) is 73.5 Å². The van der Waals surface area contributed by atoms with Crippen LogP contribution < -0.4 is 16.0 Å². The van der Waals surface area contributed by atoms with Gasteiger partial charge in [-0.1, -0.05) is 13.8 Å². The molecule has 0 fully saturated rings. The van der Waals surface area contributed by atoms with Crippen molar-refractivity contribution in [3.63, 3.8) is 0 Å². The van der Waals surface area contributed by atoms with Crippen molar-refractivity contribution in [2.45, 2.75) is 35.5 Å². The Hall–Kier alpha value is -6.33. The Morgan fingerprint density at radius 3 is 1.88 bits per heavy atom. The zero-order chi connectivity index (χ0) is 43.6. The summed E-state index contributed by atoms with van der Waals surface area (Å²) in [5.74, 6) is -1.05. The van der Waals surface area contributed by atoms with Crippen molar-refractivity contribution in [3.8, 4) is 11.5 Å². The number of rotatable bonds is 14. The molecule has 0 aliphatic rings. The van der Waals surface area contributed by atoms with Crippen LogP contribution in [0.4, 0.5) is 51.7 Å². The standard InChI is InChI=1S/C37H35ClN10O9S3/c1-5-58(51,52)23-10-7-21(8-11-23)40-36-42-35(38)43-37(44-36)41-22-9-16-31(60(55,56)57)29(18-22)47-48-33-24-12-15-27(34(50)25(24)13-14-26(33)39-4)45-46-28-17-20(3)32(19-30(28)49)59(53,54)6-2/h7-19,39,49-50H,5-6H2,1-4H3,(H,55,56,57)(H2,40,41,42,43,44). The van der Waals surface area contributed by atoms with Crippen molar-refractivity contribution < 1.29 is 40.0 Å². The summed E-state index contributed by atoms with van der Waals surface area (Å²) in [5.41, 5.74) is 1.25. The third kappa shape index (κ3) is 9.42. The third-order valence-electron chi connectivity index (χ3n) is 8.85. The lowest BCUT2D eigenvalue weighted by Gasteiger charge is -2.12. The molecule has 1 heterocycles. The van der Waals surface area contributed by atoms with E-state index in [1.54, 1.807) is 39.1 Å². The number of hydrogen-bond acceptors (Lipinski definition) is 18. The molecular formula is C37H35ClN10O9S3. The van der Waals surface area contributed by atoms with Gasteiger partial charge in [-0.05, 0) is 96.9 Å². The van der Waals surface area contributed by atoms with Crippen LogP contribution in [0.1, 0.15) is 19.4 Å². The Bertz CT molecular complexity index is 3060. The topological polar surface area (TPSA) is 287 Å². The molecule has 0 atom stereocenters. The van der Waals surface area contributed by atoms with Crippen molar-refractivity contribution in [1.82, 2.24) is 15.0 Å². The van der Waals surface area contributed by atoms with E-state index < -0.39 is 40.4 Å². The molecular weight excluding hydrogens is 860 g/mol. The molecule has 60 heavy (non-hydrogen) atoms. The zero-order valence-corrected chi connectivity index (χ0v) is 35.1. The van der Waals surface area contributed by atoms with Crippen LogP contribution in [0.3, 0.4) is 0 Å². The van der Waals surface area contributed by atoms with E-state index in [0.717, 1.165) is 12.1 Å². The number of aryl methyl sites for hydroxylation is 1. The van der Waals surface area contributed by atoms with Crippen molar-refractivity contribution in [3.05, 3.63) is 89.7 Å². The van der Waals surface area contributed by atoms with Gasteiger partial charge in [-0.25, -0.2) is 16.8 Å². The predicted molar refractivity (Wildman–Crippen MR) is 226 cm³/mol. The number of azo groups is 2. The second-order valence-electron chi connectivity index (χ2n) is 12.7. The van der Waals surface area contributed by atoms with E-state index in [2.05, 4.69) is 51.4 Å². The van der Waals surface area contributed by atoms with Gasteiger partial charge in [0.1, 0.15) is 33.4 Å². The molecule has 6 aromatic rings. The van der Waals surface area contributed by atoms with Gasteiger partial charge in [0.2, 0.25) is 17.2 Å². The van der Waals surface area contributed by atoms with Gasteiger partial charge in [-0.3, -0.25) is 4.55 Å². The summed E-state index contributed by atoms with van der Waals surface area (Å²) in [6.45, 7) is 4.59. The quantitative estimate of drug-likeness (QED) is 0.0441. The van der Waals surface area contributed by atoms with Gasteiger partial charge in [0.05, 0.1) is 27.0 Å². The Morgan fingerprint density at radius 1 is 0.650 bits per heavy atom. The van der Waals surface area contributed by atoms with E-state index in [0.29, 0.717) is 22.3 Å². The number of fused-ring (bicyclic) bond motifs is 1. The van der Waals surface area contributed by atoms with Crippen LogP contribution >= 0.6 is 11.6 Å². The second-order valence-corrected chi connectivity index (χ2v) is 19.0. The Labute approximate surface area is 349 Å². The van der Waals surface area contributed by atoms with Crippen molar-refractivity contribution in [2.75, 3.05) is 34.5 Å². The van der Waals surface area contributed by atoms with Crippen LogP contribution in [0.15, 0.2) is 114 Å². The third-order valence-corrected chi connectivity index (χ3v) is 13.5. The molecule has 0 aliphatic heterocycles. The molecule has 0 amide bonds. The number of hydrogen-bond donors (Lipinski definition) is 6. The minimum Gasteiger partial charge on any atom is -0.506 e. The molecule has 19 nitrogen and oxygen atoms in total. The van der Waals surface area contributed by atoms with Crippen LogP contribution in [0.5, 0.6) is 11.5 Å². The normalized spacial score (nSPS) is 12.4. The van der Waals surface area contributed by atoms with Gasteiger partial charge in [0.25, 0.3) is 10.1 Å². The van der Waals surface area contributed by atoms with E-state index in [1.807, 2.05) is 0 Å². The van der Waals surface area contributed by atoms with Gasteiger partial charge in [-0.2, -0.15) is 23.4 Å². The zero-order valence-electron chi connectivity index (χ0n) is 31.9. The molecule has 0 saturated heterocycles. The predicted octanol–water partition coefficient (Wildman–Crippen LogP) is 8.59. The maximum absolute atomic E-state index is 12.4. The molecule has 0 bridgehead atoms. The highest BCUT2D eigenvalue weighted by Gasteiger charge is 2.20. The average molecular weight is 895 g/mol. The lowest BCUT2D eigenvalue weighted by molar-refractivity contribution is 0.473. The summed E-state index contributed by atoms with van der Waals surface area (Å²) < 4.78 is 84.0. The number of aromatic hydroxyl groups is 2. The van der Waals surface area contributed by atoms with Gasteiger partial charge >= 0.3 is 0 Å². The SMILES string of the molecule is CCS(=O)(=O)c1ccc(Nc2nc(Cl)nc(Nc3ccc(S(=O)(=O)O)c(N=Nc4c(NC)ccc5c(O)c(N=Nc6cc(C)c(S(=O)(=O)CC)cc6O)ccc45)c3)n2)cc1. The lowest BCUT2D eigenvalue weighted by Crippen LogP contribution is -2.05. The first kappa shape index (κ1) is 43.3. The van der Waals surface area contributed by atoms with Crippen molar-refractivity contribution in [1.29, 1.82) is 0 Å². The Kier molecular flexibility index (Phi) is 12.3. The average Bonchev–Trinajstić information content (AvgIpc) is 3.20. The largest absolute Gasteiger partial charge is 0.506 e. The fourth-order valence-electron chi connectivity index (χ4n) is 5.72. The van der Waals surface area contributed by atoms with Crippen LogP contribution in [0.2, 0.25) is 5.28 Å². The second kappa shape index (κ2) is 17.1. The van der Waals surface area contributed by atoms with Gasteiger partial charge in [0, 0.05) is 35.3 Å². The molecule has 0 unspecified atom stereocenters. The molecule has 0 radical (unpaired) electrons. The minimum absolute atomic E-state index is 0.00512. The summed E-state index contributed by atoms with van der Waals surface area (Å²) in [5, 5.41) is 47.5. The number of phenolic OH excluding ortho intramolecular Hbond substituents is 2. The molecule has 1 aromatic heterocycles. The molecule has 6 N–H and O–H groups in total. The summed E-state index contributed by atoms with van der Waals surface area (Å²) in [7, 11) is -10.2. The van der Waals surface area contributed by atoms with E-state index in [-0.39, 0.29) is 78.0 Å². The summed E-state index contributed by atoms with van der Waals surface area (Å²) in [4.78, 5) is 11.9. The lowest BCUT2D eigenvalue weighted by atomic mass is 10.1. The number of nitrogens with one attached hydrogen (secondary N) is 3. The summed E-state index contributed by atoms with van der Waals surface area (Å²) in [6.07, 6.45) is 0. The molecule has 312 valence electrons. The number of nitrogens with zero attached hydrogens (tertiary/aromatic N) is 7. The maximum Gasteiger partial charge on any atom is 0.296 e. The van der Waals surface area contributed by atoms with E-state index in [1.165, 1.54) is 55.5 Å². The monoisotopic (exact) mass is 894 g/mol. The molecule has 6 rings (SSSR count). The van der Waals surface area contributed by atoms with Gasteiger partial charge in [-0.15, -0.1) is 20.5 Å². The molecule has 5 aromatic carbocycles. The first-order valence-electron chi connectivity index (χ1n) is 17.6. The maximum atomic E-state index is 12.4. The Morgan fingerprint density at radius 2 is 1.25 bits per heavy atom. The van der Waals surface area contributed by atoms with E-state index in [4.69, 9.17) is 11.6 Å². The van der Waals surface area contributed by atoms with E-state index in [9.17, 15) is 40.0 Å². The number of aromatic nitrogens is 3. The molecule has 0 saturated carbocycles. The number of benzene rings is 5. The number of anilines is 5. The van der Waals surface area contributed by atoms with Gasteiger partial charge in [0.15, 0.2) is 25.4 Å². The molecule has 23 heteroatoms. The summed E-state index contributed by atoms with van der Waals surface area (Å²) >= 11 is 6.17. The minimum atomic E-state index is -4.82. The Balaban J connectivity index is 1.31. The molecule has 0 spiro atoms. The number of halogens is 1. The first-order chi connectivity index (χ1) is 28.3. The van der Waals surface area contributed by atoms with Crippen molar-refractivity contribution in [2.24, 2.45) is 20.5 Å². The number of phenols is 2. The smallest absolute Gasteiger partial charge is 0.296 e. The van der Waals surface area contributed by atoms with Gasteiger partial charge < -0.3 is 26.2 Å². The first-order valence-corrected chi connectivity index (χ1v) is 22.7. The fraction of sp³-hybridized carbons (Fsp3) is 0.162. The molecule has 0 aliphatic carbocycles. The van der Waals surface area contributed by atoms with Crippen molar-refractivity contribution >= 4 is 104 Å². The highest BCUT2D eigenvalue weighted by atomic mass is 35.5.